The lowest BCUT2D eigenvalue weighted by atomic mass is 9.59. The number of carbonyl (C=O) groups is 1. The van der Waals surface area contributed by atoms with Gasteiger partial charge in [0.25, 0.3) is 0 Å². The average Bonchev–Trinajstić information content (AvgIpc) is 3.80. The Labute approximate surface area is 322 Å². The molecule has 3 fully saturated rings. The molecule has 8 rings (SSSR count). The van der Waals surface area contributed by atoms with E-state index in [-0.39, 0.29) is 12.0 Å². The highest BCUT2D eigenvalue weighted by Crippen LogP contribution is 2.54. The molecule has 1 spiro atoms. The number of hydrogen-bond acceptors (Lipinski definition) is 9. The van der Waals surface area contributed by atoms with E-state index in [2.05, 4.69) is 96.7 Å². The molecule has 9 nitrogen and oxygen atoms in total. The van der Waals surface area contributed by atoms with Crippen molar-refractivity contribution >= 4 is 37.2 Å². The van der Waals surface area contributed by atoms with Crippen LogP contribution in [-0.4, -0.2) is 89.1 Å². The minimum absolute atomic E-state index is 0.0629. The summed E-state index contributed by atoms with van der Waals surface area (Å²) in [5.41, 5.74) is 7.59. The van der Waals surface area contributed by atoms with Crippen LogP contribution < -0.4 is 25.2 Å². The first-order valence-corrected chi connectivity index (χ1v) is 24.1. The Balaban J connectivity index is 0.965. The Bertz CT molecular complexity index is 1980. The maximum atomic E-state index is 13.2. The topological polar surface area (TPSA) is 79.7 Å². The van der Waals surface area contributed by atoms with Crippen molar-refractivity contribution < 1.29 is 19.0 Å². The van der Waals surface area contributed by atoms with E-state index in [1.165, 1.54) is 57.7 Å². The second kappa shape index (κ2) is 15.1. The third-order valence-corrected chi connectivity index (χ3v) is 14.4. The molecule has 10 heteroatoms. The molecule has 2 atom stereocenters. The maximum absolute atomic E-state index is 13.2. The van der Waals surface area contributed by atoms with Crippen molar-refractivity contribution in [3.63, 3.8) is 0 Å². The summed E-state index contributed by atoms with van der Waals surface area (Å²) in [7, 11) is 0.298. The zero-order chi connectivity index (χ0) is 37.6. The number of aromatic nitrogens is 1. The van der Waals surface area contributed by atoms with Gasteiger partial charge < -0.3 is 24.0 Å². The standard InChI is InChI=1S/C44H59N5O4Si/c1-30(2)35-10-7-8-11-36(35)38-12-9-17-48(38)34-27-44(28-34)15-18-47(19-16-44)33-13-14-37(43(50)51-3)39(26-33)49-20-21-53-42-40(49)25-31-24-32(45-41(31)46-42)29-52-22-23-54(4,5)6/h7-8,10-11,13-14,24-26,30,32,34,38H,9,12,15-23,27-29H2,1-6H3/t32-,38?/m0/s1. The van der Waals surface area contributed by atoms with Crippen molar-refractivity contribution in [2.45, 2.75) is 102 Å². The normalized spacial score (nSPS) is 22.4. The highest BCUT2D eigenvalue weighted by molar-refractivity contribution is 6.76. The van der Waals surface area contributed by atoms with Gasteiger partial charge in [0.05, 0.1) is 37.6 Å². The number of hydrogen-bond donors (Lipinski definition) is 0. The molecule has 2 saturated heterocycles. The van der Waals surface area contributed by atoms with Crippen LogP contribution in [0.2, 0.25) is 25.7 Å². The van der Waals surface area contributed by atoms with E-state index < -0.39 is 8.07 Å². The van der Waals surface area contributed by atoms with E-state index in [0.717, 1.165) is 48.0 Å². The lowest BCUT2D eigenvalue weighted by molar-refractivity contribution is -0.0227. The molecule has 288 valence electrons. The van der Waals surface area contributed by atoms with Gasteiger partial charge in [-0.15, -0.1) is 0 Å². The van der Waals surface area contributed by atoms with Crippen LogP contribution in [0.3, 0.4) is 0 Å². The molecule has 1 aliphatic carbocycles. The van der Waals surface area contributed by atoms with Gasteiger partial charge in [-0.2, -0.15) is 4.98 Å². The summed E-state index contributed by atoms with van der Waals surface area (Å²) in [6, 6.07) is 19.8. The molecule has 0 amide bonds. The number of likely N-dealkylation sites (tertiary alicyclic amines) is 1. The Morgan fingerprint density at radius 2 is 1.81 bits per heavy atom. The largest absolute Gasteiger partial charge is 0.474 e. The predicted molar refractivity (Wildman–Crippen MR) is 219 cm³/mol. The second-order valence-corrected chi connectivity index (χ2v) is 23.5. The number of benzene rings is 2. The monoisotopic (exact) mass is 749 g/mol. The van der Waals surface area contributed by atoms with Crippen molar-refractivity contribution in [2.75, 3.05) is 62.9 Å². The summed E-state index contributed by atoms with van der Waals surface area (Å²) in [5.74, 6) is 0.756. The molecule has 1 saturated carbocycles. The molecule has 3 aromatic rings. The average molecular weight is 750 g/mol. The molecule has 0 bridgehead atoms. The van der Waals surface area contributed by atoms with E-state index in [4.69, 9.17) is 24.2 Å². The molecule has 1 aromatic heterocycles. The fraction of sp³-hybridized carbons (Fsp3) is 0.568. The zero-order valence-corrected chi connectivity index (χ0v) is 34.3. The van der Waals surface area contributed by atoms with Crippen LogP contribution in [0.4, 0.5) is 17.1 Å². The predicted octanol–water partition coefficient (Wildman–Crippen LogP) is 7.25. The minimum Gasteiger partial charge on any atom is -0.474 e. The smallest absolute Gasteiger partial charge is 0.339 e. The lowest BCUT2D eigenvalue weighted by Crippen LogP contribution is -2.55. The van der Waals surface area contributed by atoms with E-state index in [1.807, 2.05) is 6.07 Å². The number of piperidine rings is 1. The van der Waals surface area contributed by atoms with Gasteiger partial charge in [-0.25, -0.2) is 4.79 Å². The van der Waals surface area contributed by atoms with Crippen molar-refractivity contribution in [1.29, 1.82) is 0 Å². The van der Waals surface area contributed by atoms with Gasteiger partial charge in [0.15, 0.2) is 5.49 Å². The SMILES string of the molecule is COC(=O)c1ccc(N2CCC3(CC2)CC(N2CCCC2c2ccccc2C(C)C)C3)cc1N1CCOc2nc3c(cc21)=C[C@@H](COCC[Si](C)(C)C)N=3. The number of ether oxygens (including phenoxy) is 3. The number of nitrogens with zero attached hydrogens (tertiary/aromatic N) is 5. The van der Waals surface area contributed by atoms with Crippen molar-refractivity contribution in [2.24, 2.45) is 10.4 Å². The summed E-state index contributed by atoms with van der Waals surface area (Å²) >= 11 is 0. The molecule has 1 unspecified atom stereocenters. The summed E-state index contributed by atoms with van der Waals surface area (Å²) in [6.07, 6.45) is 9.75. The maximum Gasteiger partial charge on any atom is 0.339 e. The van der Waals surface area contributed by atoms with Gasteiger partial charge in [-0.1, -0.05) is 57.8 Å². The molecule has 5 heterocycles. The van der Waals surface area contributed by atoms with Crippen molar-refractivity contribution in [1.82, 2.24) is 9.88 Å². The number of pyridine rings is 1. The highest BCUT2D eigenvalue weighted by atomic mass is 28.3. The van der Waals surface area contributed by atoms with Crippen LogP contribution in [0.5, 0.6) is 5.88 Å². The first-order chi connectivity index (χ1) is 26.0. The lowest BCUT2D eigenvalue weighted by Gasteiger charge is -2.56. The number of methoxy groups -OCH3 is 1. The van der Waals surface area contributed by atoms with Gasteiger partial charge in [-0.05, 0) is 104 Å². The van der Waals surface area contributed by atoms with Crippen LogP contribution >= 0.6 is 0 Å². The van der Waals surface area contributed by atoms with E-state index in [0.29, 0.717) is 60.1 Å². The first-order valence-electron chi connectivity index (χ1n) is 20.4. The van der Waals surface area contributed by atoms with Crippen LogP contribution in [0, 0.1) is 5.41 Å². The van der Waals surface area contributed by atoms with Crippen LogP contribution in [-0.2, 0) is 9.47 Å². The quantitative estimate of drug-likeness (QED) is 0.115. The highest BCUT2D eigenvalue weighted by Gasteiger charge is 2.50. The van der Waals surface area contributed by atoms with Crippen LogP contribution in [0.15, 0.2) is 53.5 Å². The van der Waals surface area contributed by atoms with Gasteiger partial charge in [0.2, 0.25) is 5.88 Å². The van der Waals surface area contributed by atoms with Gasteiger partial charge in [-0.3, -0.25) is 9.89 Å². The first kappa shape index (κ1) is 37.2. The van der Waals surface area contributed by atoms with Crippen LogP contribution in [0.1, 0.15) is 85.8 Å². The van der Waals surface area contributed by atoms with E-state index in [9.17, 15) is 4.79 Å². The third kappa shape index (κ3) is 7.46. The molecule has 0 radical (unpaired) electrons. The molecule has 2 aromatic carbocycles. The molecular formula is C44H59N5O4Si. The molecular weight excluding hydrogens is 691 g/mol. The Morgan fingerprint density at radius 3 is 2.57 bits per heavy atom. The number of esters is 1. The van der Waals surface area contributed by atoms with Gasteiger partial charge in [0, 0.05) is 50.8 Å². The fourth-order valence-corrected chi connectivity index (χ4v) is 10.4. The Morgan fingerprint density at radius 1 is 1.02 bits per heavy atom. The number of fused-ring (bicyclic) bond motifs is 2. The second-order valence-electron chi connectivity index (χ2n) is 17.9. The Hall–Kier alpha value is -3.73. The van der Waals surface area contributed by atoms with E-state index >= 15 is 0 Å². The third-order valence-electron chi connectivity index (χ3n) is 12.7. The zero-order valence-electron chi connectivity index (χ0n) is 33.3. The number of rotatable bonds is 11. The van der Waals surface area contributed by atoms with Crippen molar-refractivity contribution in [3.05, 3.63) is 75.9 Å². The van der Waals surface area contributed by atoms with Crippen LogP contribution in [0.25, 0.3) is 6.08 Å². The molecule has 54 heavy (non-hydrogen) atoms. The summed E-state index contributed by atoms with van der Waals surface area (Å²) in [6.45, 7) is 17.4. The molecule has 0 N–H and O–H groups in total. The number of carbonyl (C=O) groups excluding carboxylic acids is 1. The molecule has 5 aliphatic rings. The van der Waals surface area contributed by atoms with Crippen molar-refractivity contribution in [3.8, 4) is 5.88 Å². The van der Waals surface area contributed by atoms with Gasteiger partial charge >= 0.3 is 5.97 Å². The van der Waals surface area contributed by atoms with E-state index in [1.54, 1.807) is 5.56 Å². The molecule has 4 aliphatic heterocycles. The number of anilines is 3. The summed E-state index contributed by atoms with van der Waals surface area (Å²) in [4.78, 5) is 30.4. The van der Waals surface area contributed by atoms with Gasteiger partial charge in [0.1, 0.15) is 12.3 Å². The summed E-state index contributed by atoms with van der Waals surface area (Å²) < 4.78 is 17.4. The summed E-state index contributed by atoms with van der Waals surface area (Å²) in [5, 5.41) is 0.975. The minimum atomic E-state index is -1.15. The Kier molecular flexibility index (Phi) is 10.4. The fourth-order valence-electron chi connectivity index (χ4n) is 9.64.